The number of urea groups is 1. The molecule has 9 heteroatoms. The van der Waals surface area contributed by atoms with Crippen molar-refractivity contribution in [3.63, 3.8) is 0 Å². The molecular weight excluding hydrogens is 280 g/mol. The number of carbonyl (C=O) groups is 4. The zero-order chi connectivity index (χ0) is 15.8. The van der Waals surface area contributed by atoms with Crippen molar-refractivity contribution < 1.29 is 24.3 Å². The van der Waals surface area contributed by atoms with Gasteiger partial charge in [0.25, 0.3) is 0 Å². The van der Waals surface area contributed by atoms with Crippen LogP contribution in [0.1, 0.15) is 25.7 Å². The Morgan fingerprint density at radius 1 is 1.10 bits per heavy atom. The van der Waals surface area contributed by atoms with Crippen LogP contribution in [0.5, 0.6) is 0 Å². The first kappa shape index (κ1) is 16.7. The molecule has 0 aromatic heterocycles. The third kappa shape index (κ3) is 6.11. The van der Waals surface area contributed by atoms with E-state index in [1.807, 2.05) is 0 Å². The van der Waals surface area contributed by atoms with Crippen LogP contribution >= 0.6 is 0 Å². The number of nitrogens with zero attached hydrogens (tertiary/aromatic N) is 1. The molecule has 118 valence electrons. The van der Waals surface area contributed by atoms with E-state index in [0.717, 1.165) is 25.7 Å². The van der Waals surface area contributed by atoms with E-state index in [9.17, 15) is 19.2 Å². The summed E-state index contributed by atoms with van der Waals surface area (Å²) in [7, 11) is 0. The Hall–Kier alpha value is -2.32. The van der Waals surface area contributed by atoms with Crippen molar-refractivity contribution in [3.05, 3.63) is 0 Å². The van der Waals surface area contributed by atoms with E-state index in [0.29, 0.717) is 0 Å². The first-order valence-electron chi connectivity index (χ1n) is 6.71. The van der Waals surface area contributed by atoms with Crippen molar-refractivity contribution >= 4 is 23.8 Å². The van der Waals surface area contributed by atoms with E-state index in [-0.39, 0.29) is 19.1 Å². The van der Waals surface area contributed by atoms with Crippen molar-refractivity contribution in [2.45, 2.75) is 31.7 Å². The summed E-state index contributed by atoms with van der Waals surface area (Å²) in [6, 6.07) is -0.606. The zero-order valence-electron chi connectivity index (χ0n) is 11.6. The minimum atomic E-state index is -1.17. The first-order valence-corrected chi connectivity index (χ1v) is 6.71. The topological polar surface area (TPSA) is 142 Å². The lowest BCUT2D eigenvalue weighted by Gasteiger charge is -2.27. The van der Waals surface area contributed by atoms with Gasteiger partial charge >= 0.3 is 12.0 Å². The van der Waals surface area contributed by atoms with Crippen molar-refractivity contribution in [2.75, 3.05) is 19.6 Å². The Labute approximate surface area is 121 Å². The van der Waals surface area contributed by atoms with E-state index in [2.05, 4.69) is 10.6 Å². The zero-order valence-corrected chi connectivity index (χ0v) is 11.6. The molecule has 0 aliphatic heterocycles. The van der Waals surface area contributed by atoms with Gasteiger partial charge in [0.2, 0.25) is 11.8 Å². The summed E-state index contributed by atoms with van der Waals surface area (Å²) in [4.78, 5) is 46.0. The number of carbonyl (C=O) groups excluding carboxylic acids is 3. The predicted octanol–water partition coefficient (Wildman–Crippen LogP) is -1.37. The summed E-state index contributed by atoms with van der Waals surface area (Å²) in [5.74, 6) is -2.40. The van der Waals surface area contributed by atoms with Crippen LogP contribution in [0, 0.1) is 0 Å². The summed E-state index contributed by atoms with van der Waals surface area (Å²) in [5, 5.41) is 12.9. The van der Waals surface area contributed by atoms with E-state index >= 15 is 0 Å². The Bertz CT molecular complexity index is 420. The maximum atomic E-state index is 12.0. The van der Waals surface area contributed by atoms with Crippen LogP contribution in [0.3, 0.4) is 0 Å². The maximum Gasteiger partial charge on any atom is 0.322 e. The van der Waals surface area contributed by atoms with Crippen molar-refractivity contribution in [2.24, 2.45) is 5.73 Å². The highest BCUT2D eigenvalue weighted by Crippen LogP contribution is 2.23. The van der Waals surface area contributed by atoms with Gasteiger partial charge in [0.15, 0.2) is 0 Å². The quantitative estimate of drug-likeness (QED) is 0.459. The summed E-state index contributed by atoms with van der Waals surface area (Å²) in [6.07, 6.45) is 3.55. The van der Waals surface area contributed by atoms with Gasteiger partial charge in [-0.2, -0.15) is 0 Å². The number of amides is 4. The molecule has 1 fully saturated rings. The van der Waals surface area contributed by atoms with Gasteiger partial charge in [0, 0.05) is 6.04 Å². The number of carboxylic acid groups (broad SMARTS) is 1. The molecule has 1 aliphatic carbocycles. The molecule has 4 amide bonds. The number of aliphatic carboxylic acids is 1. The number of nitrogens with one attached hydrogen (secondary N) is 2. The smallest absolute Gasteiger partial charge is 0.322 e. The van der Waals surface area contributed by atoms with Crippen molar-refractivity contribution in [1.82, 2.24) is 15.5 Å². The van der Waals surface area contributed by atoms with Crippen LogP contribution in [-0.4, -0.2) is 59.5 Å². The van der Waals surface area contributed by atoms with E-state index < -0.39 is 30.4 Å². The SMILES string of the molecule is NC(=O)CN(C(=O)NCC(=O)NCC(=O)O)C1CCCC1. The molecule has 1 aliphatic rings. The fourth-order valence-corrected chi connectivity index (χ4v) is 2.24. The van der Waals surface area contributed by atoms with Crippen LogP contribution in [0.25, 0.3) is 0 Å². The number of nitrogens with two attached hydrogens (primary N) is 1. The second kappa shape index (κ2) is 8.08. The van der Waals surface area contributed by atoms with Crippen LogP contribution in [-0.2, 0) is 14.4 Å². The molecule has 0 heterocycles. The molecule has 0 radical (unpaired) electrons. The van der Waals surface area contributed by atoms with Gasteiger partial charge in [0.05, 0.1) is 6.54 Å². The van der Waals surface area contributed by atoms with Crippen LogP contribution in [0.2, 0.25) is 0 Å². The molecule has 9 nitrogen and oxygen atoms in total. The molecule has 21 heavy (non-hydrogen) atoms. The Balaban J connectivity index is 2.46. The third-order valence-electron chi connectivity index (χ3n) is 3.19. The predicted molar refractivity (Wildman–Crippen MR) is 72.2 cm³/mol. The number of rotatable bonds is 7. The van der Waals surface area contributed by atoms with E-state index in [1.54, 1.807) is 0 Å². The van der Waals surface area contributed by atoms with Gasteiger partial charge < -0.3 is 26.4 Å². The van der Waals surface area contributed by atoms with Gasteiger partial charge in [-0.15, -0.1) is 0 Å². The van der Waals surface area contributed by atoms with Gasteiger partial charge in [-0.1, -0.05) is 12.8 Å². The molecule has 5 N–H and O–H groups in total. The standard InChI is InChI=1S/C12H20N4O5/c13-9(17)7-16(8-3-1-2-4-8)12(21)15-5-10(18)14-6-11(19)20/h8H,1-7H2,(H2,13,17)(H,14,18)(H,15,21)(H,19,20). The molecule has 0 unspecified atom stereocenters. The molecule has 0 bridgehead atoms. The van der Waals surface area contributed by atoms with E-state index in [1.165, 1.54) is 4.90 Å². The van der Waals surface area contributed by atoms with Gasteiger partial charge in [-0.25, -0.2) is 4.79 Å². The highest BCUT2D eigenvalue weighted by molar-refractivity contribution is 5.88. The van der Waals surface area contributed by atoms with Crippen molar-refractivity contribution in [3.8, 4) is 0 Å². The number of primary amides is 1. The average Bonchev–Trinajstić information content (AvgIpc) is 2.93. The van der Waals surface area contributed by atoms with Crippen molar-refractivity contribution in [1.29, 1.82) is 0 Å². The Kier molecular flexibility index (Phi) is 6.44. The molecular formula is C12H20N4O5. The fourth-order valence-electron chi connectivity index (χ4n) is 2.24. The highest BCUT2D eigenvalue weighted by atomic mass is 16.4. The summed E-state index contributed by atoms with van der Waals surface area (Å²) in [5.41, 5.74) is 5.13. The molecule has 0 aromatic rings. The number of hydrogen-bond donors (Lipinski definition) is 4. The minimum absolute atomic E-state index is 0.0559. The lowest BCUT2D eigenvalue weighted by molar-refractivity contribution is -0.137. The normalized spacial score (nSPS) is 14.5. The second-order valence-electron chi connectivity index (χ2n) is 4.86. The molecule has 0 aromatic carbocycles. The summed E-state index contributed by atoms with van der Waals surface area (Å²) < 4.78 is 0. The average molecular weight is 300 g/mol. The Morgan fingerprint density at radius 2 is 1.71 bits per heavy atom. The van der Waals surface area contributed by atoms with Gasteiger partial charge in [-0.3, -0.25) is 14.4 Å². The van der Waals surface area contributed by atoms with Crippen LogP contribution in [0.4, 0.5) is 4.79 Å². The second-order valence-corrected chi connectivity index (χ2v) is 4.86. The lowest BCUT2D eigenvalue weighted by Crippen LogP contribution is -2.51. The molecule has 1 saturated carbocycles. The lowest BCUT2D eigenvalue weighted by atomic mass is 10.2. The summed E-state index contributed by atoms with van der Waals surface area (Å²) >= 11 is 0. The Morgan fingerprint density at radius 3 is 2.24 bits per heavy atom. The molecule has 1 rings (SSSR count). The van der Waals surface area contributed by atoms with Crippen LogP contribution < -0.4 is 16.4 Å². The van der Waals surface area contributed by atoms with Crippen LogP contribution in [0.15, 0.2) is 0 Å². The summed E-state index contributed by atoms with van der Waals surface area (Å²) in [6.45, 7) is -1.07. The fraction of sp³-hybridized carbons (Fsp3) is 0.667. The number of hydrogen-bond acceptors (Lipinski definition) is 4. The molecule has 0 atom stereocenters. The minimum Gasteiger partial charge on any atom is -0.480 e. The number of carboxylic acids is 1. The molecule has 0 saturated heterocycles. The maximum absolute atomic E-state index is 12.0. The van der Waals surface area contributed by atoms with Gasteiger partial charge in [0.1, 0.15) is 13.1 Å². The largest absolute Gasteiger partial charge is 0.480 e. The monoisotopic (exact) mass is 300 g/mol. The third-order valence-corrected chi connectivity index (χ3v) is 3.19. The van der Waals surface area contributed by atoms with E-state index in [4.69, 9.17) is 10.8 Å². The first-order chi connectivity index (χ1) is 9.90. The van der Waals surface area contributed by atoms with Gasteiger partial charge in [-0.05, 0) is 12.8 Å². The molecule has 0 spiro atoms. The highest BCUT2D eigenvalue weighted by Gasteiger charge is 2.27.